The summed E-state index contributed by atoms with van der Waals surface area (Å²) in [5, 5.41) is 0. The van der Waals surface area contributed by atoms with Gasteiger partial charge in [0, 0.05) is 12.8 Å². The molecular formula is C13H16O3. The summed E-state index contributed by atoms with van der Waals surface area (Å²) in [4.78, 5) is 0. The molecule has 0 unspecified atom stereocenters. The SMILES string of the molecule is COc1cccc2c1CCC1(C2)OCCO1. The molecule has 0 radical (unpaired) electrons. The minimum absolute atomic E-state index is 0.348. The summed E-state index contributed by atoms with van der Waals surface area (Å²) >= 11 is 0. The summed E-state index contributed by atoms with van der Waals surface area (Å²) in [6, 6.07) is 6.20. The topological polar surface area (TPSA) is 27.7 Å². The molecule has 1 aliphatic carbocycles. The monoisotopic (exact) mass is 220 g/mol. The summed E-state index contributed by atoms with van der Waals surface area (Å²) < 4.78 is 16.9. The molecule has 0 atom stereocenters. The van der Waals surface area contributed by atoms with Crippen LogP contribution < -0.4 is 4.74 Å². The second kappa shape index (κ2) is 3.75. The van der Waals surface area contributed by atoms with Crippen molar-refractivity contribution in [1.82, 2.24) is 0 Å². The third-order valence-electron chi connectivity index (χ3n) is 3.48. The summed E-state index contributed by atoms with van der Waals surface area (Å²) in [6.07, 6.45) is 2.75. The highest BCUT2D eigenvalue weighted by Gasteiger charge is 2.40. The summed E-state index contributed by atoms with van der Waals surface area (Å²) in [7, 11) is 1.72. The molecule has 0 bridgehead atoms. The van der Waals surface area contributed by atoms with E-state index in [9.17, 15) is 0 Å². The van der Waals surface area contributed by atoms with E-state index in [1.807, 2.05) is 12.1 Å². The Hall–Kier alpha value is -1.06. The van der Waals surface area contributed by atoms with Gasteiger partial charge in [0.25, 0.3) is 0 Å². The molecule has 1 spiro atoms. The quantitative estimate of drug-likeness (QED) is 0.723. The maximum absolute atomic E-state index is 5.75. The molecule has 0 saturated carbocycles. The predicted molar refractivity (Wildman–Crippen MR) is 59.7 cm³/mol. The van der Waals surface area contributed by atoms with Crippen molar-refractivity contribution < 1.29 is 14.2 Å². The first-order valence-corrected chi connectivity index (χ1v) is 5.76. The molecule has 0 N–H and O–H groups in total. The van der Waals surface area contributed by atoms with Crippen molar-refractivity contribution in [2.24, 2.45) is 0 Å². The van der Waals surface area contributed by atoms with Gasteiger partial charge in [-0.2, -0.15) is 0 Å². The Morgan fingerprint density at radius 1 is 1.25 bits per heavy atom. The van der Waals surface area contributed by atoms with Gasteiger partial charge in [0.05, 0.1) is 20.3 Å². The molecule has 1 aromatic carbocycles. The lowest BCUT2D eigenvalue weighted by Gasteiger charge is -2.33. The molecule has 3 nitrogen and oxygen atoms in total. The van der Waals surface area contributed by atoms with Crippen LogP contribution in [0.15, 0.2) is 18.2 Å². The second-order valence-electron chi connectivity index (χ2n) is 4.38. The molecule has 1 fully saturated rings. The number of fused-ring (bicyclic) bond motifs is 1. The van der Waals surface area contributed by atoms with E-state index in [0.717, 1.165) is 38.2 Å². The van der Waals surface area contributed by atoms with Gasteiger partial charge < -0.3 is 14.2 Å². The number of methoxy groups -OCH3 is 1. The number of benzene rings is 1. The Bertz CT molecular complexity index is 394. The molecule has 1 aromatic rings. The van der Waals surface area contributed by atoms with Crippen LogP contribution in [0.1, 0.15) is 17.5 Å². The minimum atomic E-state index is -0.348. The van der Waals surface area contributed by atoms with E-state index < -0.39 is 0 Å². The van der Waals surface area contributed by atoms with Crippen molar-refractivity contribution in [2.75, 3.05) is 20.3 Å². The van der Waals surface area contributed by atoms with Crippen molar-refractivity contribution >= 4 is 0 Å². The van der Waals surface area contributed by atoms with E-state index >= 15 is 0 Å². The molecule has 1 saturated heterocycles. The van der Waals surface area contributed by atoms with Gasteiger partial charge in [-0.25, -0.2) is 0 Å². The van der Waals surface area contributed by atoms with E-state index in [0.29, 0.717) is 0 Å². The van der Waals surface area contributed by atoms with Gasteiger partial charge in [0.15, 0.2) is 5.79 Å². The summed E-state index contributed by atoms with van der Waals surface area (Å²) in [5.74, 6) is 0.643. The molecule has 0 amide bonds. The van der Waals surface area contributed by atoms with Crippen molar-refractivity contribution in [2.45, 2.75) is 25.0 Å². The Morgan fingerprint density at radius 3 is 2.81 bits per heavy atom. The molecule has 1 aliphatic heterocycles. The van der Waals surface area contributed by atoms with Crippen LogP contribution in [0.5, 0.6) is 5.75 Å². The standard InChI is InChI=1S/C13H16O3/c1-14-12-4-2-3-10-9-13(6-5-11(10)12)15-7-8-16-13/h2-4H,5-9H2,1H3. The molecule has 2 aliphatic rings. The van der Waals surface area contributed by atoms with E-state index in [2.05, 4.69) is 6.07 Å². The number of hydrogen-bond donors (Lipinski definition) is 0. The molecule has 86 valence electrons. The van der Waals surface area contributed by atoms with Crippen LogP contribution >= 0.6 is 0 Å². The summed E-state index contributed by atoms with van der Waals surface area (Å²) in [6.45, 7) is 1.44. The fourth-order valence-electron chi connectivity index (χ4n) is 2.69. The van der Waals surface area contributed by atoms with Gasteiger partial charge in [0.1, 0.15) is 5.75 Å². The van der Waals surface area contributed by atoms with Gasteiger partial charge in [0.2, 0.25) is 0 Å². The van der Waals surface area contributed by atoms with E-state index in [1.165, 1.54) is 11.1 Å². The molecular weight excluding hydrogens is 204 g/mol. The van der Waals surface area contributed by atoms with E-state index in [1.54, 1.807) is 7.11 Å². The number of hydrogen-bond acceptors (Lipinski definition) is 3. The van der Waals surface area contributed by atoms with Crippen molar-refractivity contribution in [1.29, 1.82) is 0 Å². The van der Waals surface area contributed by atoms with Crippen molar-refractivity contribution in [3.8, 4) is 5.75 Å². The van der Waals surface area contributed by atoms with Gasteiger partial charge in [-0.1, -0.05) is 12.1 Å². The molecule has 16 heavy (non-hydrogen) atoms. The zero-order chi connectivity index (χ0) is 11.0. The Labute approximate surface area is 95.3 Å². The normalized spacial score (nSPS) is 22.1. The number of ether oxygens (including phenoxy) is 3. The lowest BCUT2D eigenvalue weighted by atomic mass is 9.87. The highest BCUT2D eigenvalue weighted by molar-refractivity contribution is 5.42. The van der Waals surface area contributed by atoms with Gasteiger partial charge >= 0.3 is 0 Å². The lowest BCUT2D eigenvalue weighted by Crippen LogP contribution is -2.37. The smallest absolute Gasteiger partial charge is 0.172 e. The lowest BCUT2D eigenvalue weighted by molar-refractivity contribution is -0.163. The largest absolute Gasteiger partial charge is 0.496 e. The van der Waals surface area contributed by atoms with Crippen LogP contribution in [0.4, 0.5) is 0 Å². The molecule has 1 heterocycles. The van der Waals surface area contributed by atoms with Crippen molar-refractivity contribution in [3.05, 3.63) is 29.3 Å². The summed E-state index contributed by atoms with van der Waals surface area (Å²) in [5.41, 5.74) is 2.61. The Morgan fingerprint density at radius 2 is 2.06 bits per heavy atom. The average Bonchev–Trinajstić information content (AvgIpc) is 2.76. The van der Waals surface area contributed by atoms with Gasteiger partial charge in [-0.15, -0.1) is 0 Å². The van der Waals surface area contributed by atoms with Crippen LogP contribution in [-0.2, 0) is 22.3 Å². The number of rotatable bonds is 1. The highest BCUT2D eigenvalue weighted by Crippen LogP contribution is 2.38. The Kier molecular flexibility index (Phi) is 2.37. The second-order valence-corrected chi connectivity index (χ2v) is 4.38. The minimum Gasteiger partial charge on any atom is -0.496 e. The van der Waals surface area contributed by atoms with Crippen LogP contribution in [0.25, 0.3) is 0 Å². The molecule has 3 heteroatoms. The molecule has 3 rings (SSSR count). The first-order chi connectivity index (χ1) is 7.83. The third kappa shape index (κ3) is 1.51. The first-order valence-electron chi connectivity index (χ1n) is 5.76. The van der Waals surface area contributed by atoms with Crippen molar-refractivity contribution in [3.63, 3.8) is 0 Å². The highest BCUT2D eigenvalue weighted by atomic mass is 16.7. The van der Waals surface area contributed by atoms with Crippen LogP contribution in [0.2, 0.25) is 0 Å². The zero-order valence-corrected chi connectivity index (χ0v) is 9.49. The maximum Gasteiger partial charge on any atom is 0.172 e. The van der Waals surface area contributed by atoms with Gasteiger partial charge in [-0.05, 0) is 23.6 Å². The van der Waals surface area contributed by atoms with E-state index in [-0.39, 0.29) is 5.79 Å². The molecule has 0 aromatic heterocycles. The average molecular weight is 220 g/mol. The van der Waals surface area contributed by atoms with E-state index in [4.69, 9.17) is 14.2 Å². The fraction of sp³-hybridized carbons (Fsp3) is 0.538. The van der Waals surface area contributed by atoms with Gasteiger partial charge in [-0.3, -0.25) is 0 Å². The van der Waals surface area contributed by atoms with Crippen LogP contribution in [0, 0.1) is 0 Å². The zero-order valence-electron chi connectivity index (χ0n) is 9.49. The fourth-order valence-corrected chi connectivity index (χ4v) is 2.69. The Balaban J connectivity index is 1.94. The predicted octanol–water partition coefficient (Wildman–Crippen LogP) is 1.93. The third-order valence-corrected chi connectivity index (χ3v) is 3.48. The van der Waals surface area contributed by atoms with Crippen LogP contribution in [-0.4, -0.2) is 26.1 Å². The van der Waals surface area contributed by atoms with Crippen LogP contribution in [0.3, 0.4) is 0 Å². The maximum atomic E-state index is 5.75. The first kappa shape index (κ1) is 10.1.